The van der Waals surface area contributed by atoms with Gasteiger partial charge in [-0.2, -0.15) is 0 Å². The Morgan fingerprint density at radius 3 is 2.47 bits per heavy atom. The van der Waals surface area contributed by atoms with Crippen LogP contribution in [0, 0.1) is 0 Å². The van der Waals surface area contributed by atoms with Crippen molar-refractivity contribution in [1.29, 1.82) is 0 Å². The predicted molar refractivity (Wildman–Crippen MR) is 73.8 cm³/mol. The summed E-state index contributed by atoms with van der Waals surface area (Å²) in [7, 11) is -0.319. The van der Waals surface area contributed by atoms with Gasteiger partial charge in [-0.05, 0) is 43.7 Å². The summed E-state index contributed by atoms with van der Waals surface area (Å²) in [5, 5.41) is 3.28. The molecule has 1 heterocycles. The molecule has 1 aromatic carbocycles. The minimum atomic E-state index is -3.36. The lowest BCUT2D eigenvalue weighted by atomic mass is 10.1. The fraction of sp³-hybridized carbons (Fsp3) is 0.538. The summed E-state index contributed by atoms with van der Waals surface area (Å²) in [4.78, 5) is 0.284. The molecule has 1 saturated heterocycles. The molecule has 1 aromatic rings. The van der Waals surface area contributed by atoms with E-state index in [1.54, 1.807) is 24.3 Å². The number of benzene rings is 1. The molecular formula is C13H20N2O3S. The maximum atomic E-state index is 11.9. The van der Waals surface area contributed by atoms with Crippen molar-refractivity contribution in [3.63, 3.8) is 0 Å². The third-order valence-electron chi connectivity index (χ3n) is 3.16. The van der Waals surface area contributed by atoms with Crippen LogP contribution in [0.25, 0.3) is 0 Å². The quantitative estimate of drug-likeness (QED) is 0.898. The van der Waals surface area contributed by atoms with E-state index in [4.69, 9.17) is 4.74 Å². The normalized spacial score (nSPS) is 20.5. The van der Waals surface area contributed by atoms with Crippen molar-refractivity contribution in [2.45, 2.75) is 23.8 Å². The van der Waals surface area contributed by atoms with Crippen molar-refractivity contribution < 1.29 is 13.2 Å². The standard InChI is InChI=1S/C13H20N2O3S/c1-15(2)19(16,17)13-7-5-11(6-8-13)18-12-4-3-9-14-10-12/h5-8,12,14H,3-4,9-10H2,1-2H3. The summed E-state index contributed by atoms with van der Waals surface area (Å²) >= 11 is 0. The van der Waals surface area contributed by atoms with Crippen molar-refractivity contribution >= 4 is 10.0 Å². The Kier molecular flexibility index (Phi) is 4.44. The Balaban J connectivity index is 2.06. The fourth-order valence-electron chi connectivity index (χ4n) is 2.01. The molecular weight excluding hydrogens is 264 g/mol. The summed E-state index contributed by atoms with van der Waals surface area (Å²) in [6.45, 7) is 1.89. The second-order valence-corrected chi connectivity index (χ2v) is 7.00. The number of rotatable bonds is 4. The molecule has 1 aliphatic rings. The summed E-state index contributed by atoms with van der Waals surface area (Å²) in [5.41, 5.74) is 0. The van der Waals surface area contributed by atoms with Gasteiger partial charge in [-0.3, -0.25) is 0 Å². The van der Waals surface area contributed by atoms with Crippen molar-refractivity contribution in [2.75, 3.05) is 27.2 Å². The van der Waals surface area contributed by atoms with Crippen LogP contribution in [0.1, 0.15) is 12.8 Å². The first-order valence-electron chi connectivity index (χ1n) is 6.40. The highest BCUT2D eigenvalue weighted by Gasteiger charge is 2.18. The van der Waals surface area contributed by atoms with Gasteiger partial charge in [0.05, 0.1) is 4.90 Å². The fourth-order valence-corrected chi connectivity index (χ4v) is 2.92. The zero-order chi connectivity index (χ0) is 13.9. The highest BCUT2D eigenvalue weighted by Crippen LogP contribution is 2.20. The molecule has 0 spiro atoms. The molecule has 106 valence electrons. The molecule has 1 N–H and O–H groups in total. The van der Waals surface area contributed by atoms with Gasteiger partial charge in [0.2, 0.25) is 10.0 Å². The van der Waals surface area contributed by atoms with Crippen LogP contribution in [0.3, 0.4) is 0 Å². The third kappa shape index (κ3) is 3.46. The molecule has 19 heavy (non-hydrogen) atoms. The van der Waals surface area contributed by atoms with Gasteiger partial charge < -0.3 is 10.1 Å². The van der Waals surface area contributed by atoms with E-state index >= 15 is 0 Å². The second-order valence-electron chi connectivity index (χ2n) is 4.85. The first kappa shape index (κ1) is 14.3. The topological polar surface area (TPSA) is 58.6 Å². The van der Waals surface area contributed by atoms with Crippen LogP contribution >= 0.6 is 0 Å². The Hall–Kier alpha value is -1.11. The Morgan fingerprint density at radius 2 is 1.95 bits per heavy atom. The number of nitrogens with one attached hydrogen (secondary N) is 1. The lowest BCUT2D eigenvalue weighted by molar-refractivity contribution is 0.167. The molecule has 0 radical (unpaired) electrons. The smallest absolute Gasteiger partial charge is 0.242 e. The monoisotopic (exact) mass is 284 g/mol. The molecule has 5 nitrogen and oxygen atoms in total. The first-order chi connectivity index (χ1) is 9.00. The van der Waals surface area contributed by atoms with Crippen LogP contribution in [0.2, 0.25) is 0 Å². The zero-order valence-corrected chi connectivity index (χ0v) is 12.1. The van der Waals surface area contributed by atoms with Crippen LogP contribution < -0.4 is 10.1 Å². The summed E-state index contributed by atoms with van der Waals surface area (Å²) in [6, 6.07) is 6.60. The first-order valence-corrected chi connectivity index (χ1v) is 7.84. The molecule has 1 aliphatic heterocycles. The summed E-state index contributed by atoms with van der Waals surface area (Å²) in [5.74, 6) is 0.714. The Labute approximate surface area is 114 Å². The van der Waals surface area contributed by atoms with Gasteiger partial charge in [-0.25, -0.2) is 12.7 Å². The van der Waals surface area contributed by atoms with Gasteiger partial charge in [0.15, 0.2) is 0 Å². The van der Waals surface area contributed by atoms with Gasteiger partial charge in [0.1, 0.15) is 11.9 Å². The van der Waals surface area contributed by atoms with Gasteiger partial charge in [0, 0.05) is 20.6 Å². The number of nitrogens with zero attached hydrogens (tertiary/aromatic N) is 1. The zero-order valence-electron chi connectivity index (χ0n) is 11.3. The largest absolute Gasteiger partial charge is 0.489 e. The third-order valence-corrected chi connectivity index (χ3v) is 4.99. The van der Waals surface area contributed by atoms with Gasteiger partial charge >= 0.3 is 0 Å². The molecule has 0 saturated carbocycles. The molecule has 1 unspecified atom stereocenters. The SMILES string of the molecule is CN(C)S(=O)(=O)c1ccc(OC2CCCNC2)cc1. The van der Waals surface area contributed by atoms with E-state index in [0.29, 0.717) is 5.75 Å². The van der Waals surface area contributed by atoms with Gasteiger partial charge in [-0.15, -0.1) is 0 Å². The van der Waals surface area contributed by atoms with E-state index < -0.39 is 10.0 Å². The Morgan fingerprint density at radius 1 is 1.26 bits per heavy atom. The number of sulfonamides is 1. The van der Waals surface area contributed by atoms with E-state index in [1.807, 2.05) is 0 Å². The maximum Gasteiger partial charge on any atom is 0.242 e. The van der Waals surface area contributed by atoms with E-state index in [2.05, 4.69) is 5.32 Å². The van der Waals surface area contributed by atoms with Crippen molar-refractivity contribution in [2.24, 2.45) is 0 Å². The van der Waals surface area contributed by atoms with Crippen molar-refractivity contribution in [3.8, 4) is 5.75 Å². The van der Waals surface area contributed by atoms with E-state index in [9.17, 15) is 8.42 Å². The number of hydrogen-bond donors (Lipinski definition) is 1. The number of piperidine rings is 1. The second kappa shape index (κ2) is 5.90. The van der Waals surface area contributed by atoms with E-state index in [0.717, 1.165) is 25.9 Å². The van der Waals surface area contributed by atoms with E-state index in [1.165, 1.54) is 18.4 Å². The minimum absolute atomic E-state index is 0.171. The maximum absolute atomic E-state index is 11.9. The lowest BCUT2D eigenvalue weighted by Gasteiger charge is -2.24. The van der Waals surface area contributed by atoms with Crippen LogP contribution in [-0.4, -0.2) is 46.0 Å². The van der Waals surface area contributed by atoms with Crippen LogP contribution in [0.5, 0.6) is 5.75 Å². The van der Waals surface area contributed by atoms with Crippen LogP contribution in [0.15, 0.2) is 29.2 Å². The molecule has 0 aromatic heterocycles. The Bertz CT molecular complexity index is 505. The highest BCUT2D eigenvalue weighted by atomic mass is 32.2. The summed E-state index contributed by atoms with van der Waals surface area (Å²) in [6.07, 6.45) is 2.31. The highest BCUT2D eigenvalue weighted by molar-refractivity contribution is 7.89. The molecule has 0 aliphatic carbocycles. The molecule has 1 atom stereocenters. The van der Waals surface area contributed by atoms with Crippen molar-refractivity contribution in [3.05, 3.63) is 24.3 Å². The molecule has 6 heteroatoms. The molecule has 1 fully saturated rings. The number of ether oxygens (including phenoxy) is 1. The van der Waals surface area contributed by atoms with Gasteiger partial charge in [0.25, 0.3) is 0 Å². The lowest BCUT2D eigenvalue weighted by Crippen LogP contribution is -2.37. The molecule has 0 amide bonds. The number of hydrogen-bond acceptors (Lipinski definition) is 4. The average molecular weight is 284 g/mol. The predicted octanol–water partition coefficient (Wildman–Crippen LogP) is 1.07. The van der Waals surface area contributed by atoms with Crippen LogP contribution in [-0.2, 0) is 10.0 Å². The van der Waals surface area contributed by atoms with E-state index in [-0.39, 0.29) is 11.0 Å². The van der Waals surface area contributed by atoms with Crippen molar-refractivity contribution in [1.82, 2.24) is 9.62 Å². The molecule has 2 rings (SSSR count). The minimum Gasteiger partial charge on any atom is -0.489 e. The van der Waals surface area contributed by atoms with Crippen LogP contribution in [0.4, 0.5) is 0 Å². The average Bonchev–Trinajstić information content (AvgIpc) is 2.40. The van der Waals surface area contributed by atoms with Gasteiger partial charge in [-0.1, -0.05) is 0 Å². The molecule has 0 bridgehead atoms. The summed E-state index contributed by atoms with van der Waals surface area (Å²) < 4.78 is 30.8.